The largest absolute Gasteiger partial charge is 0.477 e. The maximum Gasteiger partial charge on any atom is 0.393 e. The summed E-state index contributed by atoms with van der Waals surface area (Å²) in [6, 6.07) is 0. The second-order valence-electron chi connectivity index (χ2n) is 5.15. The number of piperidine rings is 1. The number of aryl methyl sites for hydroxylation is 1. The molecule has 0 aromatic carbocycles. The number of nitrogens with zero attached hydrogens (tertiary/aromatic N) is 2. The molecule has 8 heteroatoms. The number of anilines is 1. The van der Waals surface area contributed by atoms with Gasteiger partial charge in [-0.3, -0.25) is 0 Å². The van der Waals surface area contributed by atoms with Crippen LogP contribution in [0, 0.1) is 5.92 Å². The molecule has 1 unspecified atom stereocenters. The summed E-state index contributed by atoms with van der Waals surface area (Å²) in [6.07, 6.45) is -2.38. The minimum absolute atomic E-state index is 0.124. The molecule has 0 saturated carbocycles. The minimum atomic E-state index is -4.21. The summed E-state index contributed by atoms with van der Waals surface area (Å²) in [5.74, 6) is -2.43. The fourth-order valence-electron chi connectivity index (χ4n) is 2.47. The zero-order valence-corrected chi connectivity index (χ0v) is 12.4. The molecule has 1 N–H and O–H groups in total. The first-order valence-electron chi connectivity index (χ1n) is 6.87. The fraction of sp³-hybridized carbons (Fsp3) is 0.692. The van der Waals surface area contributed by atoms with Gasteiger partial charge in [0.15, 0.2) is 5.13 Å². The number of thiazole rings is 1. The van der Waals surface area contributed by atoms with Crippen LogP contribution in [0.5, 0.6) is 0 Å². The summed E-state index contributed by atoms with van der Waals surface area (Å²) in [7, 11) is 0. The number of halogens is 3. The third kappa shape index (κ3) is 3.66. The highest BCUT2D eigenvalue weighted by molar-refractivity contribution is 7.17. The van der Waals surface area contributed by atoms with Crippen molar-refractivity contribution in [3.05, 3.63) is 10.6 Å². The number of carboxylic acid groups (broad SMARTS) is 1. The third-order valence-corrected chi connectivity index (χ3v) is 4.67. The van der Waals surface area contributed by atoms with Crippen LogP contribution in [0.15, 0.2) is 0 Å². The standard InChI is InChI=1S/C13H17F3N2O2S/c1-2-4-9-10(11(19)20)21-12(17-9)18-6-3-5-8(7-18)13(14,15)16/h8H,2-7H2,1H3,(H,19,20). The second kappa shape index (κ2) is 6.21. The van der Waals surface area contributed by atoms with Gasteiger partial charge in [-0.15, -0.1) is 0 Å². The van der Waals surface area contributed by atoms with E-state index < -0.39 is 18.1 Å². The van der Waals surface area contributed by atoms with Crippen LogP contribution in [-0.4, -0.2) is 35.3 Å². The van der Waals surface area contributed by atoms with E-state index in [2.05, 4.69) is 4.98 Å². The Hall–Kier alpha value is -1.31. The molecule has 1 atom stereocenters. The molecule has 2 heterocycles. The molecule has 0 radical (unpaired) electrons. The Balaban J connectivity index is 2.21. The monoisotopic (exact) mass is 322 g/mol. The van der Waals surface area contributed by atoms with Gasteiger partial charge in [-0.1, -0.05) is 24.7 Å². The van der Waals surface area contributed by atoms with Crippen LogP contribution in [0.3, 0.4) is 0 Å². The average molecular weight is 322 g/mol. The van der Waals surface area contributed by atoms with Crippen molar-refractivity contribution >= 4 is 22.4 Å². The molecular formula is C13H17F3N2O2S. The van der Waals surface area contributed by atoms with E-state index in [1.165, 1.54) is 0 Å². The zero-order chi connectivity index (χ0) is 15.6. The van der Waals surface area contributed by atoms with Crippen molar-refractivity contribution in [1.29, 1.82) is 0 Å². The number of carbonyl (C=O) groups is 1. The molecule has 1 aliphatic heterocycles. The maximum absolute atomic E-state index is 12.8. The normalized spacial score (nSPS) is 19.8. The van der Waals surface area contributed by atoms with Crippen molar-refractivity contribution in [1.82, 2.24) is 4.98 Å². The highest BCUT2D eigenvalue weighted by atomic mass is 32.1. The quantitative estimate of drug-likeness (QED) is 0.921. The van der Waals surface area contributed by atoms with E-state index in [0.29, 0.717) is 30.2 Å². The van der Waals surface area contributed by atoms with Crippen LogP contribution in [0.25, 0.3) is 0 Å². The van der Waals surface area contributed by atoms with Crippen LogP contribution < -0.4 is 4.90 Å². The van der Waals surface area contributed by atoms with Crippen molar-refractivity contribution in [3.63, 3.8) is 0 Å². The van der Waals surface area contributed by atoms with E-state index in [1.54, 1.807) is 4.90 Å². The zero-order valence-electron chi connectivity index (χ0n) is 11.6. The Bertz CT molecular complexity index is 516. The van der Waals surface area contributed by atoms with E-state index in [1.807, 2.05) is 6.92 Å². The Kier molecular flexibility index (Phi) is 4.75. The topological polar surface area (TPSA) is 53.4 Å². The van der Waals surface area contributed by atoms with Crippen molar-refractivity contribution in [2.75, 3.05) is 18.0 Å². The maximum atomic E-state index is 12.8. The molecule has 0 aliphatic carbocycles. The molecule has 1 aromatic heterocycles. The van der Waals surface area contributed by atoms with Gasteiger partial charge in [0.2, 0.25) is 0 Å². The van der Waals surface area contributed by atoms with Gasteiger partial charge >= 0.3 is 12.1 Å². The van der Waals surface area contributed by atoms with Gasteiger partial charge in [0.1, 0.15) is 4.88 Å². The number of hydrogen-bond donors (Lipinski definition) is 1. The molecule has 1 aliphatic rings. The summed E-state index contributed by atoms with van der Waals surface area (Å²) < 4.78 is 38.5. The third-order valence-electron chi connectivity index (χ3n) is 3.52. The molecule has 1 fully saturated rings. The minimum Gasteiger partial charge on any atom is -0.477 e. The van der Waals surface area contributed by atoms with Crippen molar-refractivity contribution in [2.45, 2.75) is 38.8 Å². The van der Waals surface area contributed by atoms with E-state index in [0.717, 1.165) is 17.8 Å². The molecule has 21 heavy (non-hydrogen) atoms. The van der Waals surface area contributed by atoms with E-state index in [-0.39, 0.29) is 17.8 Å². The molecule has 0 bridgehead atoms. The van der Waals surface area contributed by atoms with Crippen LogP contribution in [0.4, 0.5) is 18.3 Å². The van der Waals surface area contributed by atoms with E-state index in [4.69, 9.17) is 5.11 Å². The van der Waals surface area contributed by atoms with Crippen LogP contribution >= 0.6 is 11.3 Å². The van der Waals surface area contributed by atoms with E-state index in [9.17, 15) is 18.0 Å². The van der Waals surface area contributed by atoms with Gasteiger partial charge < -0.3 is 10.0 Å². The Morgan fingerprint density at radius 1 is 1.52 bits per heavy atom. The lowest BCUT2D eigenvalue weighted by molar-refractivity contribution is -0.175. The number of alkyl halides is 3. The molecule has 0 amide bonds. The lowest BCUT2D eigenvalue weighted by Crippen LogP contribution is -2.41. The molecule has 0 spiro atoms. The summed E-state index contributed by atoms with van der Waals surface area (Å²) >= 11 is 0.975. The first-order chi connectivity index (χ1) is 9.82. The van der Waals surface area contributed by atoms with Crippen LogP contribution in [0.2, 0.25) is 0 Å². The smallest absolute Gasteiger partial charge is 0.393 e. The van der Waals surface area contributed by atoms with Gasteiger partial charge in [0, 0.05) is 13.1 Å². The number of aromatic carboxylic acids is 1. The van der Waals surface area contributed by atoms with E-state index >= 15 is 0 Å². The highest BCUT2D eigenvalue weighted by Crippen LogP contribution is 2.36. The predicted molar refractivity (Wildman–Crippen MR) is 74.1 cm³/mol. The van der Waals surface area contributed by atoms with Crippen molar-refractivity contribution < 1.29 is 23.1 Å². The summed E-state index contributed by atoms with van der Waals surface area (Å²) in [6.45, 7) is 2.26. The summed E-state index contributed by atoms with van der Waals surface area (Å²) in [5.41, 5.74) is 0.471. The van der Waals surface area contributed by atoms with Crippen molar-refractivity contribution in [3.8, 4) is 0 Å². The molecule has 1 aromatic rings. The van der Waals surface area contributed by atoms with Crippen LogP contribution in [0.1, 0.15) is 41.6 Å². The lowest BCUT2D eigenvalue weighted by Gasteiger charge is -2.33. The number of aromatic nitrogens is 1. The number of carboxylic acids is 1. The molecule has 1 saturated heterocycles. The predicted octanol–water partition coefficient (Wildman–Crippen LogP) is 3.57. The molecule has 118 valence electrons. The summed E-state index contributed by atoms with van der Waals surface area (Å²) in [5, 5.41) is 9.55. The molecule has 2 rings (SSSR count). The van der Waals surface area contributed by atoms with Gasteiger partial charge in [0.25, 0.3) is 0 Å². The Morgan fingerprint density at radius 2 is 2.24 bits per heavy atom. The average Bonchev–Trinajstić information content (AvgIpc) is 2.83. The van der Waals surface area contributed by atoms with Gasteiger partial charge in [-0.2, -0.15) is 13.2 Å². The number of rotatable bonds is 4. The Morgan fingerprint density at radius 3 is 2.81 bits per heavy atom. The molecule has 4 nitrogen and oxygen atoms in total. The van der Waals surface area contributed by atoms with Crippen LogP contribution in [-0.2, 0) is 6.42 Å². The van der Waals surface area contributed by atoms with Crippen molar-refractivity contribution in [2.24, 2.45) is 5.92 Å². The number of hydrogen-bond acceptors (Lipinski definition) is 4. The SMILES string of the molecule is CCCc1nc(N2CCCC(C(F)(F)F)C2)sc1C(=O)O. The van der Waals surface area contributed by atoms with Gasteiger partial charge in [-0.05, 0) is 19.3 Å². The van der Waals surface area contributed by atoms with Gasteiger partial charge in [0.05, 0.1) is 11.6 Å². The highest BCUT2D eigenvalue weighted by Gasteiger charge is 2.42. The van der Waals surface area contributed by atoms with Gasteiger partial charge in [-0.25, -0.2) is 9.78 Å². The molecular weight excluding hydrogens is 305 g/mol. The first kappa shape index (κ1) is 16.1. The fourth-order valence-corrected chi connectivity index (χ4v) is 3.45. The first-order valence-corrected chi connectivity index (χ1v) is 7.69. The second-order valence-corrected chi connectivity index (χ2v) is 6.13. The summed E-state index contributed by atoms with van der Waals surface area (Å²) in [4.78, 5) is 17.2. The lowest BCUT2D eigenvalue weighted by atomic mass is 9.98. The Labute approximate surface area is 124 Å².